The third-order valence-electron chi connectivity index (χ3n) is 5.10. The van der Waals surface area contributed by atoms with Gasteiger partial charge in [0.2, 0.25) is 5.91 Å². The second-order valence-corrected chi connectivity index (χ2v) is 7.12. The van der Waals surface area contributed by atoms with Gasteiger partial charge in [0.05, 0.1) is 18.7 Å². The van der Waals surface area contributed by atoms with Gasteiger partial charge in [0.15, 0.2) is 0 Å². The van der Waals surface area contributed by atoms with Crippen LogP contribution >= 0.6 is 0 Å². The molecule has 1 amide bonds. The van der Waals surface area contributed by atoms with Gasteiger partial charge in [0.25, 0.3) is 5.56 Å². The molecule has 0 radical (unpaired) electrons. The molecule has 5 nitrogen and oxygen atoms in total. The lowest BCUT2D eigenvalue weighted by Gasteiger charge is -2.09. The minimum absolute atomic E-state index is 0.0540. The van der Waals surface area contributed by atoms with E-state index in [9.17, 15) is 9.59 Å². The molecule has 0 saturated heterocycles. The van der Waals surface area contributed by atoms with Crippen LogP contribution in [0.4, 0.5) is 0 Å². The highest BCUT2D eigenvalue weighted by molar-refractivity contribution is 5.78. The third kappa shape index (κ3) is 4.19. The Morgan fingerprint density at radius 2 is 1.75 bits per heavy atom. The van der Waals surface area contributed by atoms with Gasteiger partial charge in [-0.15, -0.1) is 0 Å². The SMILES string of the molecule is O=C(Cc1ccc(-c2ccccc2)cc1)NCCn1nc2c(cc1=O)CCC2. The minimum Gasteiger partial charge on any atom is -0.354 e. The molecule has 0 atom stereocenters. The molecule has 1 aliphatic carbocycles. The van der Waals surface area contributed by atoms with E-state index in [-0.39, 0.29) is 11.5 Å². The van der Waals surface area contributed by atoms with E-state index in [1.807, 2.05) is 42.5 Å². The average Bonchev–Trinajstić information content (AvgIpc) is 3.16. The number of aryl methyl sites for hydroxylation is 2. The van der Waals surface area contributed by atoms with E-state index in [0.717, 1.165) is 47.2 Å². The number of nitrogens with zero attached hydrogens (tertiary/aromatic N) is 2. The number of carbonyl (C=O) groups excluding carboxylic acids is 1. The lowest BCUT2D eigenvalue weighted by molar-refractivity contribution is -0.120. The number of hydrogen-bond donors (Lipinski definition) is 1. The highest BCUT2D eigenvalue weighted by atomic mass is 16.1. The Morgan fingerprint density at radius 3 is 2.54 bits per heavy atom. The molecule has 1 N–H and O–H groups in total. The predicted molar refractivity (Wildman–Crippen MR) is 109 cm³/mol. The molecule has 0 fully saturated rings. The van der Waals surface area contributed by atoms with E-state index in [4.69, 9.17) is 0 Å². The second-order valence-electron chi connectivity index (χ2n) is 7.12. The fraction of sp³-hybridized carbons (Fsp3) is 0.261. The van der Waals surface area contributed by atoms with Crippen LogP contribution in [0.3, 0.4) is 0 Å². The van der Waals surface area contributed by atoms with Crippen LogP contribution in [0.25, 0.3) is 11.1 Å². The number of hydrogen-bond acceptors (Lipinski definition) is 3. The van der Waals surface area contributed by atoms with E-state index < -0.39 is 0 Å². The predicted octanol–water partition coefficient (Wildman–Crippen LogP) is 2.76. The summed E-state index contributed by atoms with van der Waals surface area (Å²) in [6, 6.07) is 19.9. The molecule has 1 heterocycles. The second kappa shape index (κ2) is 8.21. The maximum absolute atomic E-state index is 12.2. The number of rotatable bonds is 6. The van der Waals surface area contributed by atoms with Crippen molar-refractivity contribution in [3.05, 3.63) is 87.8 Å². The Morgan fingerprint density at radius 1 is 1.00 bits per heavy atom. The fourth-order valence-corrected chi connectivity index (χ4v) is 3.59. The van der Waals surface area contributed by atoms with Gasteiger partial charge in [0, 0.05) is 12.6 Å². The van der Waals surface area contributed by atoms with Crippen LogP contribution < -0.4 is 10.9 Å². The molecule has 28 heavy (non-hydrogen) atoms. The zero-order valence-corrected chi connectivity index (χ0v) is 15.7. The van der Waals surface area contributed by atoms with Crippen molar-refractivity contribution in [2.75, 3.05) is 6.54 Å². The maximum atomic E-state index is 12.2. The van der Waals surface area contributed by atoms with E-state index in [1.54, 1.807) is 6.07 Å². The molecule has 1 aliphatic rings. The summed E-state index contributed by atoms with van der Waals surface area (Å²) in [6.45, 7) is 0.789. The molecule has 0 saturated carbocycles. The highest BCUT2D eigenvalue weighted by Gasteiger charge is 2.14. The van der Waals surface area contributed by atoms with Crippen molar-refractivity contribution in [2.24, 2.45) is 0 Å². The van der Waals surface area contributed by atoms with Gasteiger partial charge in [-0.1, -0.05) is 54.6 Å². The molecule has 0 bridgehead atoms. The molecule has 5 heteroatoms. The van der Waals surface area contributed by atoms with Crippen molar-refractivity contribution in [2.45, 2.75) is 32.2 Å². The van der Waals surface area contributed by atoms with Gasteiger partial charge in [-0.3, -0.25) is 9.59 Å². The summed E-state index contributed by atoms with van der Waals surface area (Å²) < 4.78 is 1.46. The van der Waals surface area contributed by atoms with Crippen molar-refractivity contribution >= 4 is 5.91 Å². The fourth-order valence-electron chi connectivity index (χ4n) is 3.59. The van der Waals surface area contributed by atoms with Gasteiger partial charge >= 0.3 is 0 Å². The summed E-state index contributed by atoms with van der Waals surface area (Å²) in [5.74, 6) is -0.0540. The molecule has 142 valence electrons. The van der Waals surface area contributed by atoms with Gasteiger partial charge in [-0.2, -0.15) is 5.10 Å². The lowest BCUT2D eigenvalue weighted by Crippen LogP contribution is -2.33. The third-order valence-corrected chi connectivity index (χ3v) is 5.10. The van der Waals surface area contributed by atoms with E-state index in [0.29, 0.717) is 19.5 Å². The molecule has 0 aliphatic heterocycles. The molecule has 0 spiro atoms. The van der Waals surface area contributed by atoms with Gasteiger partial charge in [-0.25, -0.2) is 4.68 Å². The van der Waals surface area contributed by atoms with Crippen LogP contribution in [0.1, 0.15) is 23.2 Å². The Kier molecular flexibility index (Phi) is 5.33. The van der Waals surface area contributed by atoms with Crippen LogP contribution in [-0.4, -0.2) is 22.2 Å². The average molecular weight is 373 g/mol. The van der Waals surface area contributed by atoms with Crippen LogP contribution in [0.2, 0.25) is 0 Å². The Bertz CT molecular complexity index is 1020. The van der Waals surface area contributed by atoms with Gasteiger partial charge < -0.3 is 5.32 Å². The normalized spacial score (nSPS) is 12.6. The van der Waals surface area contributed by atoms with Crippen LogP contribution in [0.5, 0.6) is 0 Å². The summed E-state index contributed by atoms with van der Waals surface area (Å²) in [7, 11) is 0. The van der Waals surface area contributed by atoms with Crippen LogP contribution in [-0.2, 0) is 30.6 Å². The molecular formula is C23H23N3O2. The Balaban J connectivity index is 1.30. The quantitative estimate of drug-likeness (QED) is 0.723. The van der Waals surface area contributed by atoms with Crippen molar-refractivity contribution in [1.29, 1.82) is 0 Å². The van der Waals surface area contributed by atoms with Crippen molar-refractivity contribution in [3.8, 4) is 11.1 Å². The number of benzene rings is 2. The first-order valence-electron chi connectivity index (χ1n) is 9.70. The van der Waals surface area contributed by atoms with E-state index in [1.165, 1.54) is 4.68 Å². The van der Waals surface area contributed by atoms with E-state index >= 15 is 0 Å². The monoisotopic (exact) mass is 373 g/mol. The molecule has 2 aromatic carbocycles. The first-order valence-corrected chi connectivity index (χ1v) is 9.70. The summed E-state index contributed by atoms with van der Waals surface area (Å²) in [5, 5.41) is 7.31. The standard InChI is InChI=1S/C23H23N3O2/c27-22(15-17-9-11-19(12-10-17)18-5-2-1-3-6-18)24-13-14-26-23(28)16-20-7-4-8-21(20)25-26/h1-3,5-6,9-12,16H,4,7-8,13-15H2,(H,24,27). The topological polar surface area (TPSA) is 64.0 Å². The zero-order chi connectivity index (χ0) is 19.3. The van der Waals surface area contributed by atoms with Crippen molar-refractivity contribution in [1.82, 2.24) is 15.1 Å². The number of carbonyl (C=O) groups is 1. The summed E-state index contributed by atoms with van der Waals surface area (Å²) in [5.41, 5.74) is 5.25. The number of nitrogens with one attached hydrogen (secondary N) is 1. The smallest absolute Gasteiger partial charge is 0.267 e. The van der Waals surface area contributed by atoms with Crippen LogP contribution in [0, 0.1) is 0 Å². The molecule has 0 unspecified atom stereocenters. The van der Waals surface area contributed by atoms with Crippen molar-refractivity contribution < 1.29 is 4.79 Å². The summed E-state index contributed by atoms with van der Waals surface area (Å²) in [6.07, 6.45) is 3.26. The minimum atomic E-state index is -0.0913. The number of amides is 1. The van der Waals surface area contributed by atoms with Gasteiger partial charge in [0.1, 0.15) is 0 Å². The zero-order valence-electron chi connectivity index (χ0n) is 15.7. The Labute approximate surface area is 164 Å². The summed E-state index contributed by atoms with van der Waals surface area (Å²) >= 11 is 0. The first-order chi connectivity index (χ1) is 13.7. The lowest BCUT2D eigenvalue weighted by atomic mass is 10.0. The van der Waals surface area contributed by atoms with Crippen molar-refractivity contribution in [3.63, 3.8) is 0 Å². The maximum Gasteiger partial charge on any atom is 0.267 e. The summed E-state index contributed by atoms with van der Waals surface area (Å²) in [4.78, 5) is 24.3. The molecular weight excluding hydrogens is 350 g/mol. The number of fused-ring (bicyclic) bond motifs is 1. The first kappa shape index (κ1) is 18.2. The van der Waals surface area contributed by atoms with Gasteiger partial charge in [-0.05, 0) is 41.5 Å². The van der Waals surface area contributed by atoms with E-state index in [2.05, 4.69) is 22.5 Å². The largest absolute Gasteiger partial charge is 0.354 e. The van der Waals surface area contributed by atoms with Crippen LogP contribution in [0.15, 0.2) is 65.5 Å². The Hall–Kier alpha value is -3.21. The molecule has 4 rings (SSSR count). The molecule has 1 aromatic heterocycles. The molecule has 3 aromatic rings. The highest BCUT2D eigenvalue weighted by Crippen LogP contribution is 2.19. The number of aromatic nitrogens is 2.